The molecule has 9 heteroatoms. The second-order valence-corrected chi connectivity index (χ2v) is 9.27. The first kappa shape index (κ1) is 23.5. The van der Waals surface area contributed by atoms with Crippen LogP contribution in [-0.2, 0) is 0 Å². The highest BCUT2D eigenvalue weighted by molar-refractivity contribution is 9.10. The van der Waals surface area contributed by atoms with E-state index in [9.17, 15) is 8.78 Å². The molecular weight excluding hydrogens is 557 g/mol. The predicted molar refractivity (Wildman–Crippen MR) is 139 cm³/mol. The Hall–Kier alpha value is -3.26. The van der Waals surface area contributed by atoms with E-state index in [4.69, 9.17) is 23.2 Å². The lowest BCUT2D eigenvalue weighted by molar-refractivity contribution is 0.627. The summed E-state index contributed by atoms with van der Waals surface area (Å²) in [6, 6.07) is 21.8. The van der Waals surface area contributed by atoms with Crippen LogP contribution in [0.2, 0.25) is 10.0 Å². The maximum Gasteiger partial charge on any atom is 0.123 e. The first-order valence-corrected chi connectivity index (χ1v) is 11.9. The molecule has 6 rings (SSSR count). The minimum absolute atomic E-state index is 0.249. The number of halogens is 5. The Morgan fingerprint density at radius 2 is 1.23 bits per heavy atom. The molecule has 35 heavy (non-hydrogen) atoms. The lowest BCUT2D eigenvalue weighted by atomic mass is 10.1. The molecule has 4 nitrogen and oxygen atoms in total. The van der Waals surface area contributed by atoms with Crippen molar-refractivity contribution in [3.63, 3.8) is 0 Å². The van der Waals surface area contributed by atoms with E-state index in [1.807, 2.05) is 24.3 Å². The summed E-state index contributed by atoms with van der Waals surface area (Å²) in [6.07, 6.45) is 3.47. The van der Waals surface area contributed by atoms with Crippen LogP contribution in [0.3, 0.4) is 0 Å². The van der Waals surface area contributed by atoms with Crippen molar-refractivity contribution in [1.82, 2.24) is 19.2 Å². The number of pyridine rings is 2. The Bertz CT molecular complexity index is 1650. The SMILES string of the molecule is Fc1ccc(-c2cc3ccc(Cl)cn3n2)cc1.Fc1ccc(-c2nn3cc(Cl)ccc3c2Br)cc1. The van der Waals surface area contributed by atoms with Crippen molar-refractivity contribution in [2.24, 2.45) is 0 Å². The van der Waals surface area contributed by atoms with Gasteiger partial charge < -0.3 is 0 Å². The Balaban J connectivity index is 0.000000145. The highest BCUT2D eigenvalue weighted by Crippen LogP contribution is 2.31. The number of rotatable bonds is 2. The average molecular weight is 572 g/mol. The van der Waals surface area contributed by atoms with E-state index >= 15 is 0 Å². The summed E-state index contributed by atoms with van der Waals surface area (Å²) in [5.74, 6) is -0.512. The summed E-state index contributed by atoms with van der Waals surface area (Å²) in [4.78, 5) is 0. The summed E-state index contributed by atoms with van der Waals surface area (Å²) in [5.41, 5.74) is 5.16. The van der Waals surface area contributed by atoms with E-state index in [-0.39, 0.29) is 11.6 Å². The van der Waals surface area contributed by atoms with Crippen LogP contribution in [0.25, 0.3) is 33.5 Å². The van der Waals surface area contributed by atoms with Gasteiger partial charge in [-0.1, -0.05) is 23.2 Å². The van der Waals surface area contributed by atoms with E-state index in [1.165, 1.54) is 24.3 Å². The summed E-state index contributed by atoms with van der Waals surface area (Å²) in [5, 5.41) is 10.1. The highest BCUT2D eigenvalue weighted by atomic mass is 79.9. The number of hydrogen-bond acceptors (Lipinski definition) is 2. The molecule has 0 radical (unpaired) electrons. The fourth-order valence-corrected chi connectivity index (χ4v) is 4.44. The quantitative estimate of drug-likeness (QED) is 0.209. The third-order valence-electron chi connectivity index (χ3n) is 5.21. The van der Waals surface area contributed by atoms with Gasteiger partial charge in [-0.15, -0.1) is 0 Å². The standard InChI is InChI=1S/C13H7BrClFN2.C13H8ClFN2/c14-12-11-6-3-9(15)7-18(11)17-13(12)8-1-4-10(16)5-2-8;14-10-3-6-12-7-13(16-17(12)8-10)9-1-4-11(15)5-2-9/h1-7H;1-8H. The lowest BCUT2D eigenvalue weighted by Gasteiger charge is -1.96. The third kappa shape index (κ3) is 5.07. The molecule has 0 spiro atoms. The largest absolute Gasteiger partial charge is 0.239 e. The smallest absolute Gasteiger partial charge is 0.123 e. The molecule has 0 saturated carbocycles. The van der Waals surface area contributed by atoms with Crippen LogP contribution in [0.1, 0.15) is 0 Å². The van der Waals surface area contributed by atoms with Crippen molar-refractivity contribution in [3.8, 4) is 22.5 Å². The Morgan fingerprint density at radius 3 is 1.89 bits per heavy atom. The van der Waals surface area contributed by atoms with Crippen LogP contribution >= 0.6 is 39.1 Å². The number of fused-ring (bicyclic) bond motifs is 2. The molecule has 0 N–H and O–H groups in total. The van der Waals surface area contributed by atoms with Gasteiger partial charge in [0.1, 0.15) is 17.3 Å². The summed E-state index contributed by atoms with van der Waals surface area (Å²) < 4.78 is 30.0. The van der Waals surface area contributed by atoms with E-state index < -0.39 is 0 Å². The van der Waals surface area contributed by atoms with Gasteiger partial charge in [-0.25, -0.2) is 17.8 Å². The van der Waals surface area contributed by atoms with Gasteiger partial charge in [0.25, 0.3) is 0 Å². The van der Waals surface area contributed by atoms with Crippen LogP contribution in [0.15, 0.2) is 95.7 Å². The Labute approximate surface area is 217 Å². The summed E-state index contributed by atoms with van der Waals surface area (Å²) in [6.45, 7) is 0. The zero-order valence-electron chi connectivity index (χ0n) is 17.8. The topological polar surface area (TPSA) is 34.6 Å². The van der Waals surface area contributed by atoms with Crippen LogP contribution in [0, 0.1) is 11.6 Å². The van der Waals surface area contributed by atoms with E-state index in [0.29, 0.717) is 10.0 Å². The summed E-state index contributed by atoms with van der Waals surface area (Å²) >= 11 is 15.3. The molecule has 4 aromatic heterocycles. The molecule has 0 aliphatic rings. The Morgan fingerprint density at radius 1 is 0.657 bits per heavy atom. The van der Waals surface area contributed by atoms with Gasteiger partial charge in [0.15, 0.2) is 0 Å². The van der Waals surface area contributed by atoms with Gasteiger partial charge in [0.05, 0.1) is 31.2 Å². The van der Waals surface area contributed by atoms with Crippen molar-refractivity contribution < 1.29 is 8.78 Å². The fraction of sp³-hybridized carbons (Fsp3) is 0. The van der Waals surface area contributed by atoms with Gasteiger partial charge in [-0.2, -0.15) is 10.2 Å². The van der Waals surface area contributed by atoms with Gasteiger partial charge in [-0.3, -0.25) is 0 Å². The second kappa shape index (κ2) is 9.77. The second-order valence-electron chi connectivity index (χ2n) is 7.60. The zero-order chi connectivity index (χ0) is 24.5. The molecule has 0 amide bonds. The van der Waals surface area contributed by atoms with Gasteiger partial charge in [-0.05, 0) is 94.8 Å². The van der Waals surface area contributed by atoms with Crippen LogP contribution < -0.4 is 0 Å². The van der Waals surface area contributed by atoms with Crippen molar-refractivity contribution in [2.75, 3.05) is 0 Å². The average Bonchev–Trinajstić information content (AvgIpc) is 3.41. The van der Waals surface area contributed by atoms with Crippen molar-refractivity contribution in [2.45, 2.75) is 0 Å². The Kier molecular flexibility index (Phi) is 6.56. The number of hydrogen-bond donors (Lipinski definition) is 0. The molecule has 0 bridgehead atoms. The van der Waals surface area contributed by atoms with Crippen LogP contribution in [0.4, 0.5) is 8.78 Å². The van der Waals surface area contributed by atoms with Crippen molar-refractivity contribution in [1.29, 1.82) is 0 Å². The van der Waals surface area contributed by atoms with E-state index in [0.717, 1.165) is 38.0 Å². The van der Waals surface area contributed by atoms with Crippen LogP contribution in [-0.4, -0.2) is 19.2 Å². The molecule has 0 atom stereocenters. The number of benzene rings is 2. The minimum atomic E-state index is -0.262. The van der Waals surface area contributed by atoms with E-state index in [2.05, 4.69) is 26.1 Å². The first-order chi connectivity index (χ1) is 16.9. The summed E-state index contributed by atoms with van der Waals surface area (Å²) in [7, 11) is 0. The molecule has 0 aliphatic heterocycles. The molecule has 0 aliphatic carbocycles. The zero-order valence-corrected chi connectivity index (χ0v) is 20.9. The number of nitrogens with zero attached hydrogens (tertiary/aromatic N) is 4. The van der Waals surface area contributed by atoms with E-state index in [1.54, 1.807) is 51.8 Å². The molecule has 0 fully saturated rings. The molecule has 4 heterocycles. The van der Waals surface area contributed by atoms with Gasteiger partial charge in [0.2, 0.25) is 0 Å². The third-order valence-corrected chi connectivity index (χ3v) is 6.44. The van der Waals surface area contributed by atoms with Crippen molar-refractivity contribution >= 4 is 50.2 Å². The predicted octanol–water partition coefficient (Wildman–Crippen LogP) is 8.35. The molecule has 0 saturated heterocycles. The van der Waals surface area contributed by atoms with Gasteiger partial charge >= 0.3 is 0 Å². The molecule has 0 unspecified atom stereocenters. The minimum Gasteiger partial charge on any atom is -0.239 e. The maximum atomic E-state index is 12.9. The maximum absolute atomic E-state index is 12.9. The van der Waals surface area contributed by atoms with Crippen molar-refractivity contribution in [3.05, 3.63) is 117 Å². The lowest BCUT2D eigenvalue weighted by Crippen LogP contribution is -1.86. The normalized spacial score (nSPS) is 11.0. The number of aromatic nitrogens is 4. The monoisotopic (exact) mass is 570 g/mol. The molecule has 6 aromatic rings. The molecular formula is C26H15BrCl2F2N4. The van der Waals surface area contributed by atoms with Crippen LogP contribution in [0.5, 0.6) is 0 Å². The molecule has 174 valence electrons. The highest BCUT2D eigenvalue weighted by Gasteiger charge is 2.12. The molecule has 2 aromatic carbocycles. The van der Waals surface area contributed by atoms with Gasteiger partial charge in [0, 0.05) is 23.5 Å². The fourth-order valence-electron chi connectivity index (χ4n) is 3.51. The first-order valence-electron chi connectivity index (χ1n) is 10.4.